The summed E-state index contributed by atoms with van der Waals surface area (Å²) in [6.45, 7) is 1.83. The highest BCUT2D eigenvalue weighted by Crippen LogP contribution is 2.33. The molecule has 0 saturated heterocycles. The number of fused-ring (bicyclic) bond motifs is 1. The summed E-state index contributed by atoms with van der Waals surface area (Å²) in [6, 6.07) is 6.98. The van der Waals surface area contributed by atoms with E-state index in [0.717, 1.165) is 6.26 Å². The van der Waals surface area contributed by atoms with Crippen LogP contribution in [0.5, 0.6) is 5.75 Å². The van der Waals surface area contributed by atoms with Gasteiger partial charge in [0.15, 0.2) is 0 Å². The Morgan fingerprint density at radius 3 is 2.54 bits per heavy atom. The second-order valence-corrected chi connectivity index (χ2v) is 7.66. The average Bonchev–Trinajstić information content (AvgIpc) is 2.98. The van der Waals surface area contributed by atoms with E-state index < -0.39 is 21.8 Å². The third-order valence-electron chi connectivity index (χ3n) is 3.84. The molecule has 0 spiro atoms. The Balaban J connectivity index is 2.28. The summed E-state index contributed by atoms with van der Waals surface area (Å²) >= 11 is 0. The van der Waals surface area contributed by atoms with Crippen molar-refractivity contribution in [2.24, 2.45) is 0 Å². The number of sulfonamides is 1. The predicted molar refractivity (Wildman–Crippen MR) is 102 cm³/mol. The topological polar surface area (TPSA) is 99.0 Å². The van der Waals surface area contributed by atoms with Gasteiger partial charge in [-0.2, -0.15) is 5.10 Å². The van der Waals surface area contributed by atoms with E-state index in [0.29, 0.717) is 11.1 Å². The van der Waals surface area contributed by atoms with Gasteiger partial charge in [0.2, 0.25) is 10.0 Å². The quantitative estimate of drug-likeness (QED) is 0.631. The van der Waals surface area contributed by atoms with Crippen LogP contribution in [-0.4, -0.2) is 44.0 Å². The molecular weight excluding hydrogens is 389 g/mol. The summed E-state index contributed by atoms with van der Waals surface area (Å²) in [7, 11) is -2.19. The third-order valence-corrected chi connectivity index (χ3v) is 4.44. The number of hydrogen-bond acceptors (Lipinski definition) is 6. The van der Waals surface area contributed by atoms with E-state index in [1.807, 2.05) is 0 Å². The molecule has 2 aromatic heterocycles. The fourth-order valence-corrected chi connectivity index (χ4v) is 3.28. The third kappa shape index (κ3) is 3.91. The number of nitrogens with zero attached hydrogens (tertiary/aromatic N) is 2. The minimum atomic E-state index is -3.57. The number of nitrogens with one attached hydrogen (secondary N) is 1. The van der Waals surface area contributed by atoms with Gasteiger partial charge in [0.1, 0.15) is 28.5 Å². The van der Waals surface area contributed by atoms with Crippen LogP contribution in [0.25, 0.3) is 16.8 Å². The minimum absolute atomic E-state index is 0.154. The molecule has 3 aromatic rings. The van der Waals surface area contributed by atoms with E-state index in [9.17, 15) is 17.6 Å². The maximum atomic E-state index is 13.3. The molecule has 0 atom stereocenters. The first kappa shape index (κ1) is 19.6. The van der Waals surface area contributed by atoms with Gasteiger partial charge in [-0.1, -0.05) is 0 Å². The summed E-state index contributed by atoms with van der Waals surface area (Å²) in [5.74, 6) is -0.830. The highest BCUT2D eigenvalue weighted by atomic mass is 32.2. The highest BCUT2D eigenvalue weighted by molar-refractivity contribution is 7.92. The summed E-state index contributed by atoms with van der Waals surface area (Å²) in [6.07, 6.45) is 2.40. The number of hydrogen-bond donors (Lipinski definition) is 1. The molecule has 0 saturated carbocycles. The van der Waals surface area contributed by atoms with E-state index in [1.165, 1.54) is 48.2 Å². The van der Waals surface area contributed by atoms with E-state index in [4.69, 9.17) is 9.47 Å². The van der Waals surface area contributed by atoms with Crippen LogP contribution >= 0.6 is 0 Å². The van der Waals surface area contributed by atoms with E-state index in [2.05, 4.69) is 9.82 Å². The Kier molecular flexibility index (Phi) is 5.23. The molecule has 0 aliphatic rings. The second kappa shape index (κ2) is 7.47. The number of anilines is 1. The van der Waals surface area contributed by atoms with Crippen LogP contribution in [0.2, 0.25) is 0 Å². The molecule has 0 amide bonds. The number of benzene rings is 1. The van der Waals surface area contributed by atoms with Gasteiger partial charge < -0.3 is 9.47 Å². The van der Waals surface area contributed by atoms with Gasteiger partial charge >= 0.3 is 5.97 Å². The lowest BCUT2D eigenvalue weighted by molar-refractivity contribution is 0.0529. The number of carbonyl (C=O) groups excluding carboxylic acids is 1. The van der Waals surface area contributed by atoms with Crippen molar-refractivity contribution in [3.8, 4) is 17.0 Å². The van der Waals surface area contributed by atoms with Crippen LogP contribution in [-0.2, 0) is 14.8 Å². The van der Waals surface area contributed by atoms with Crippen LogP contribution in [0.1, 0.15) is 17.3 Å². The van der Waals surface area contributed by atoms with Gasteiger partial charge in [-0.25, -0.2) is 22.1 Å². The first-order valence-electron chi connectivity index (χ1n) is 8.24. The van der Waals surface area contributed by atoms with Gasteiger partial charge in [-0.3, -0.25) is 4.72 Å². The van der Waals surface area contributed by atoms with E-state index in [-0.39, 0.29) is 29.3 Å². The molecule has 0 aliphatic heterocycles. The summed E-state index contributed by atoms with van der Waals surface area (Å²) < 4.78 is 50.6. The fraction of sp³-hybridized carbons (Fsp3) is 0.222. The smallest absolute Gasteiger partial charge is 0.342 e. The largest absolute Gasteiger partial charge is 0.494 e. The van der Waals surface area contributed by atoms with Crippen molar-refractivity contribution >= 4 is 27.2 Å². The normalized spacial score (nSPS) is 11.4. The number of halogens is 1. The molecule has 0 fully saturated rings. The van der Waals surface area contributed by atoms with Crippen molar-refractivity contribution in [1.29, 1.82) is 0 Å². The molecule has 1 N–H and O–H groups in total. The molecule has 0 radical (unpaired) electrons. The van der Waals surface area contributed by atoms with Gasteiger partial charge in [-0.05, 0) is 31.2 Å². The molecule has 0 unspecified atom stereocenters. The van der Waals surface area contributed by atoms with Gasteiger partial charge in [0.05, 0.1) is 31.7 Å². The molecule has 3 rings (SSSR count). The molecule has 10 heteroatoms. The highest BCUT2D eigenvalue weighted by Gasteiger charge is 2.24. The van der Waals surface area contributed by atoms with Crippen LogP contribution in [0.4, 0.5) is 10.1 Å². The Morgan fingerprint density at radius 1 is 1.29 bits per heavy atom. The Bertz CT molecular complexity index is 1140. The zero-order valence-corrected chi connectivity index (χ0v) is 16.2. The SMILES string of the molecule is CCOC(=O)c1c(-c2ccc(F)cc2)nn2cc(NS(C)(=O)=O)c(OC)cc12. The van der Waals surface area contributed by atoms with Crippen molar-refractivity contribution in [3.05, 3.63) is 47.9 Å². The maximum Gasteiger partial charge on any atom is 0.342 e. The summed E-state index contributed by atoms with van der Waals surface area (Å²) in [5, 5.41) is 4.38. The summed E-state index contributed by atoms with van der Waals surface area (Å²) in [5.41, 5.74) is 1.45. The average molecular weight is 407 g/mol. The van der Waals surface area contributed by atoms with Crippen molar-refractivity contribution in [1.82, 2.24) is 9.61 Å². The Morgan fingerprint density at radius 2 is 1.96 bits per heavy atom. The lowest BCUT2D eigenvalue weighted by atomic mass is 10.1. The second-order valence-electron chi connectivity index (χ2n) is 5.91. The standard InChI is InChI=1S/C18H18FN3O5S/c1-4-27-18(23)16-14-9-15(26-2)13(21-28(3,24)25)10-22(14)20-17(16)11-5-7-12(19)8-6-11/h5-10,21H,4H2,1-3H3. The number of rotatable bonds is 6. The summed E-state index contributed by atoms with van der Waals surface area (Å²) in [4.78, 5) is 12.6. The fourth-order valence-electron chi connectivity index (χ4n) is 2.73. The number of ether oxygens (including phenoxy) is 2. The molecule has 2 heterocycles. The van der Waals surface area contributed by atoms with Crippen LogP contribution in [0.3, 0.4) is 0 Å². The van der Waals surface area contributed by atoms with Crippen LogP contribution in [0.15, 0.2) is 36.5 Å². The number of pyridine rings is 1. The van der Waals surface area contributed by atoms with E-state index in [1.54, 1.807) is 6.92 Å². The van der Waals surface area contributed by atoms with Crippen molar-refractivity contribution in [2.45, 2.75) is 6.92 Å². The lowest BCUT2D eigenvalue weighted by Gasteiger charge is -2.10. The molecule has 0 aliphatic carbocycles. The Labute approximate surface area is 160 Å². The lowest BCUT2D eigenvalue weighted by Crippen LogP contribution is -2.11. The van der Waals surface area contributed by atoms with Crippen LogP contribution in [0, 0.1) is 5.82 Å². The number of methoxy groups -OCH3 is 1. The molecule has 1 aromatic carbocycles. The van der Waals surface area contributed by atoms with Crippen molar-refractivity contribution in [3.63, 3.8) is 0 Å². The van der Waals surface area contributed by atoms with E-state index >= 15 is 0 Å². The number of carbonyl (C=O) groups is 1. The van der Waals surface area contributed by atoms with Gasteiger partial charge in [0.25, 0.3) is 0 Å². The van der Waals surface area contributed by atoms with Crippen molar-refractivity contribution in [2.75, 3.05) is 24.7 Å². The molecule has 148 valence electrons. The van der Waals surface area contributed by atoms with Gasteiger partial charge in [-0.15, -0.1) is 0 Å². The van der Waals surface area contributed by atoms with Crippen molar-refractivity contribution < 1.29 is 27.1 Å². The molecular formula is C18H18FN3O5S. The number of esters is 1. The zero-order valence-electron chi connectivity index (χ0n) is 15.4. The molecule has 8 nitrogen and oxygen atoms in total. The minimum Gasteiger partial charge on any atom is -0.494 e. The maximum absolute atomic E-state index is 13.3. The monoisotopic (exact) mass is 407 g/mol. The first-order valence-corrected chi connectivity index (χ1v) is 10.1. The van der Waals surface area contributed by atoms with Gasteiger partial charge in [0, 0.05) is 11.6 Å². The predicted octanol–water partition coefficient (Wildman–Crippen LogP) is 2.70. The van der Waals surface area contributed by atoms with Crippen LogP contribution < -0.4 is 9.46 Å². The molecule has 0 bridgehead atoms. The zero-order chi connectivity index (χ0) is 20.5. The Hall–Kier alpha value is -3.14. The molecule has 28 heavy (non-hydrogen) atoms. The number of aromatic nitrogens is 2. The first-order chi connectivity index (χ1) is 13.2.